The second-order valence-electron chi connectivity index (χ2n) is 5.54. The second kappa shape index (κ2) is 8.24. The Kier molecular flexibility index (Phi) is 5.79. The molecule has 5 heteroatoms. The fourth-order valence-electron chi connectivity index (χ4n) is 2.33. The second-order valence-corrected chi connectivity index (χ2v) is 6.39. The summed E-state index contributed by atoms with van der Waals surface area (Å²) in [6.07, 6.45) is 0. The molecule has 0 aliphatic heterocycles. The van der Waals surface area contributed by atoms with Crippen LogP contribution in [0.4, 0.5) is 10.1 Å². The minimum Gasteiger partial charge on any atom is -0.487 e. The highest BCUT2D eigenvalue weighted by Gasteiger charge is 2.05. The normalized spacial score (nSPS) is 10.5. The summed E-state index contributed by atoms with van der Waals surface area (Å²) in [6.45, 7) is 0.980. The third kappa shape index (κ3) is 5.12. The monoisotopic (exact) mass is 375 g/mol. The number of nitrogens with one attached hydrogen (secondary N) is 1. The Labute approximate surface area is 156 Å². The van der Waals surface area contributed by atoms with Crippen LogP contribution in [0.15, 0.2) is 66.7 Å². The molecule has 1 N–H and O–H groups in total. The van der Waals surface area contributed by atoms with Crippen molar-refractivity contribution in [2.24, 2.45) is 0 Å². The zero-order valence-electron chi connectivity index (χ0n) is 13.3. The van der Waals surface area contributed by atoms with Crippen molar-refractivity contribution in [3.63, 3.8) is 0 Å². The van der Waals surface area contributed by atoms with Crippen LogP contribution in [0, 0.1) is 5.82 Å². The molecular weight excluding hydrogens is 360 g/mol. The summed E-state index contributed by atoms with van der Waals surface area (Å²) in [5, 5.41) is 4.44. The number of ether oxygens (including phenoxy) is 1. The molecule has 0 amide bonds. The van der Waals surface area contributed by atoms with Crippen LogP contribution in [0.1, 0.15) is 11.1 Å². The molecule has 0 aromatic heterocycles. The van der Waals surface area contributed by atoms with Gasteiger partial charge in [0.05, 0.1) is 5.02 Å². The molecular formula is C20H16Cl2FNO. The van der Waals surface area contributed by atoms with Crippen LogP contribution >= 0.6 is 23.2 Å². The summed E-state index contributed by atoms with van der Waals surface area (Å²) in [5.41, 5.74) is 2.83. The maximum Gasteiger partial charge on any atom is 0.138 e. The summed E-state index contributed by atoms with van der Waals surface area (Å²) in [7, 11) is 0. The Morgan fingerprint density at radius 3 is 2.40 bits per heavy atom. The maximum absolute atomic E-state index is 12.9. The van der Waals surface area contributed by atoms with Gasteiger partial charge in [0.15, 0.2) is 0 Å². The third-order valence-electron chi connectivity index (χ3n) is 3.62. The minimum atomic E-state index is -0.255. The lowest BCUT2D eigenvalue weighted by molar-refractivity contribution is 0.306. The van der Waals surface area contributed by atoms with Crippen molar-refractivity contribution in [2.45, 2.75) is 13.2 Å². The van der Waals surface area contributed by atoms with E-state index in [1.54, 1.807) is 12.1 Å². The van der Waals surface area contributed by atoms with Gasteiger partial charge in [0.2, 0.25) is 0 Å². The number of halogens is 3. The van der Waals surface area contributed by atoms with Gasteiger partial charge in [-0.25, -0.2) is 4.39 Å². The standard InChI is InChI=1S/C20H16Cl2FNO/c21-16-3-1-2-15(10-16)13-25-20-9-4-14(11-19(20)22)12-24-18-7-5-17(23)6-8-18/h1-11,24H,12-13H2. The van der Waals surface area contributed by atoms with E-state index in [1.807, 2.05) is 42.5 Å². The molecule has 128 valence electrons. The molecule has 0 aliphatic rings. The van der Waals surface area contributed by atoms with Gasteiger partial charge in [-0.05, 0) is 59.7 Å². The zero-order chi connectivity index (χ0) is 17.6. The van der Waals surface area contributed by atoms with Crippen molar-refractivity contribution in [3.8, 4) is 5.75 Å². The fraction of sp³-hybridized carbons (Fsp3) is 0.100. The van der Waals surface area contributed by atoms with E-state index in [-0.39, 0.29) is 5.82 Å². The van der Waals surface area contributed by atoms with Gasteiger partial charge in [0.1, 0.15) is 18.2 Å². The smallest absolute Gasteiger partial charge is 0.138 e. The molecule has 0 unspecified atom stereocenters. The molecule has 0 radical (unpaired) electrons. The highest BCUT2D eigenvalue weighted by atomic mass is 35.5. The summed E-state index contributed by atoms with van der Waals surface area (Å²) in [6, 6.07) is 19.4. The van der Waals surface area contributed by atoms with E-state index in [2.05, 4.69) is 5.32 Å². The summed E-state index contributed by atoms with van der Waals surface area (Å²) in [4.78, 5) is 0. The highest BCUT2D eigenvalue weighted by Crippen LogP contribution is 2.27. The first-order valence-electron chi connectivity index (χ1n) is 7.75. The third-order valence-corrected chi connectivity index (χ3v) is 4.15. The molecule has 0 saturated heterocycles. The topological polar surface area (TPSA) is 21.3 Å². The maximum atomic E-state index is 12.9. The van der Waals surface area contributed by atoms with Gasteiger partial charge in [0.25, 0.3) is 0 Å². The Bertz CT molecular complexity index is 853. The average molecular weight is 376 g/mol. The predicted molar refractivity (Wildman–Crippen MR) is 101 cm³/mol. The Morgan fingerprint density at radius 2 is 1.68 bits per heavy atom. The molecule has 0 spiro atoms. The van der Waals surface area contributed by atoms with E-state index in [9.17, 15) is 4.39 Å². The van der Waals surface area contributed by atoms with Gasteiger partial charge >= 0.3 is 0 Å². The fourth-order valence-corrected chi connectivity index (χ4v) is 2.80. The van der Waals surface area contributed by atoms with Crippen LogP contribution in [0.25, 0.3) is 0 Å². The zero-order valence-corrected chi connectivity index (χ0v) is 14.8. The van der Waals surface area contributed by atoms with Crippen LogP contribution in [0.3, 0.4) is 0 Å². The molecule has 0 atom stereocenters. The number of benzene rings is 3. The van der Waals surface area contributed by atoms with Crippen molar-refractivity contribution in [1.82, 2.24) is 0 Å². The van der Waals surface area contributed by atoms with Crippen LogP contribution < -0.4 is 10.1 Å². The average Bonchev–Trinajstić information content (AvgIpc) is 2.60. The van der Waals surface area contributed by atoms with Crippen LogP contribution in [-0.2, 0) is 13.2 Å². The van der Waals surface area contributed by atoms with Gasteiger partial charge in [-0.2, -0.15) is 0 Å². The minimum absolute atomic E-state index is 0.255. The van der Waals surface area contributed by atoms with Crippen LogP contribution in [0.2, 0.25) is 10.0 Å². The lowest BCUT2D eigenvalue weighted by Gasteiger charge is -2.11. The van der Waals surface area contributed by atoms with E-state index in [1.165, 1.54) is 12.1 Å². The molecule has 25 heavy (non-hydrogen) atoms. The molecule has 0 bridgehead atoms. The van der Waals surface area contributed by atoms with Gasteiger partial charge < -0.3 is 10.1 Å². The van der Waals surface area contributed by atoms with Crippen molar-refractivity contribution < 1.29 is 9.13 Å². The predicted octanol–water partition coefficient (Wildman–Crippen LogP) is 6.32. The Hall–Kier alpha value is -2.23. The highest BCUT2D eigenvalue weighted by molar-refractivity contribution is 6.32. The van der Waals surface area contributed by atoms with Gasteiger partial charge in [-0.1, -0.05) is 41.4 Å². The molecule has 3 aromatic carbocycles. The molecule has 3 rings (SSSR count). The molecule has 3 aromatic rings. The first kappa shape index (κ1) is 17.6. The van der Waals surface area contributed by atoms with Crippen LogP contribution in [0.5, 0.6) is 5.75 Å². The molecule has 0 heterocycles. The molecule has 0 aliphatic carbocycles. The summed E-state index contributed by atoms with van der Waals surface area (Å²) < 4.78 is 18.7. The summed E-state index contributed by atoms with van der Waals surface area (Å²) >= 11 is 12.3. The lowest BCUT2D eigenvalue weighted by atomic mass is 10.2. The SMILES string of the molecule is Fc1ccc(NCc2ccc(OCc3cccc(Cl)c3)c(Cl)c2)cc1. The number of hydrogen-bond acceptors (Lipinski definition) is 2. The van der Waals surface area contributed by atoms with Crippen molar-refractivity contribution in [2.75, 3.05) is 5.32 Å². The van der Waals surface area contributed by atoms with Gasteiger partial charge in [-0.3, -0.25) is 0 Å². The van der Waals surface area contributed by atoms with E-state index in [4.69, 9.17) is 27.9 Å². The lowest BCUT2D eigenvalue weighted by Crippen LogP contribution is -2.00. The van der Waals surface area contributed by atoms with Crippen LogP contribution in [-0.4, -0.2) is 0 Å². The molecule has 0 saturated carbocycles. The number of hydrogen-bond donors (Lipinski definition) is 1. The molecule has 2 nitrogen and oxygen atoms in total. The first-order chi connectivity index (χ1) is 12.1. The van der Waals surface area contributed by atoms with Gasteiger partial charge in [0, 0.05) is 17.3 Å². The quantitative estimate of drug-likeness (QED) is 0.543. The largest absolute Gasteiger partial charge is 0.487 e. The number of rotatable bonds is 6. The van der Waals surface area contributed by atoms with Crippen molar-refractivity contribution in [1.29, 1.82) is 0 Å². The van der Waals surface area contributed by atoms with E-state index in [0.29, 0.717) is 28.9 Å². The van der Waals surface area contributed by atoms with Crippen molar-refractivity contribution >= 4 is 28.9 Å². The Balaban J connectivity index is 1.59. The van der Waals surface area contributed by atoms with E-state index < -0.39 is 0 Å². The van der Waals surface area contributed by atoms with Crippen molar-refractivity contribution in [3.05, 3.63) is 93.7 Å². The number of anilines is 1. The van der Waals surface area contributed by atoms with E-state index >= 15 is 0 Å². The molecule has 0 fully saturated rings. The Morgan fingerprint density at radius 1 is 0.880 bits per heavy atom. The van der Waals surface area contributed by atoms with Gasteiger partial charge in [-0.15, -0.1) is 0 Å². The van der Waals surface area contributed by atoms with E-state index in [0.717, 1.165) is 16.8 Å². The summed E-state index contributed by atoms with van der Waals surface area (Å²) in [5.74, 6) is 0.363. The first-order valence-corrected chi connectivity index (χ1v) is 8.51.